The molecule has 8 nitrogen and oxygen atoms in total. The molecule has 0 saturated carbocycles. The second-order valence-electron chi connectivity index (χ2n) is 10.4. The Morgan fingerprint density at radius 3 is 2.65 bits per heavy atom. The molecule has 1 fully saturated rings. The minimum Gasteiger partial charge on any atom is -0.369 e. The van der Waals surface area contributed by atoms with E-state index in [1.54, 1.807) is 4.31 Å². The van der Waals surface area contributed by atoms with Crippen LogP contribution in [0.1, 0.15) is 24.2 Å². The van der Waals surface area contributed by atoms with Crippen molar-refractivity contribution in [3.63, 3.8) is 0 Å². The van der Waals surface area contributed by atoms with Crippen molar-refractivity contribution in [2.24, 2.45) is 0 Å². The lowest BCUT2D eigenvalue weighted by atomic mass is 10.0. The fourth-order valence-electron chi connectivity index (χ4n) is 5.58. The Morgan fingerprint density at radius 2 is 1.78 bits per heavy atom. The van der Waals surface area contributed by atoms with Gasteiger partial charge in [-0.1, -0.05) is 42.5 Å². The van der Waals surface area contributed by atoms with Crippen LogP contribution in [-0.4, -0.2) is 84.1 Å². The zero-order chi connectivity index (χ0) is 25.4. The normalized spacial score (nSPS) is 26.1. The van der Waals surface area contributed by atoms with E-state index < -0.39 is 15.3 Å². The molecule has 1 aromatic heterocycles. The lowest BCUT2D eigenvalue weighted by Crippen LogP contribution is -2.51. The minimum absolute atomic E-state index is 0.490. The highest BCUT2D eigenvalue weighted by Gasteiger charge is 2.33. The van der Waals surface area contributed by atoms with E-state index in [1.807, 2.05) is 24.3 Å². The zero-order valence-corrected chi connectivity index (χ0v) is 22.1. The van der Waals surface area contributed by atoms with Crippen LogP contribution in [0.25, 0.3) is 23.1 Å². The fourth-order valence-corrected chi connectivity index (χ4v) is 7.29. The molecule has 37 heavy (non-hydrogen) atoms. The van der Waals surface area contributed by atoms with E-state index >= 15 is 0 Å². The smallest absolute Gasteiger partial charge is 0.221 e. The van der Waals surface area contributed by atoms with Gasteiger partial charge in [0.25, 0.3) is 0 Å². The summed E-state index contributed by atoms with van der Waals surface area (Å²) in [6.45, 7) is 5.56. The molecule has 5 aliphatic heterocycles. The number of nitrogens with one attached hydrogen (secondary N) is 1. The molecular weight excluding hydrogens is 484 g/mol. The second-order valence-corrected chi connectivity index (χ2v) is 12.5. The summed E-state index contributed by atoms with van der Waals surface area (Å²) in [7, 11) is -1.27. The monoisotopic (exact) mass is 518 g/mol. The van der Waals surface area contributed by atoms with Gasteiger partial charge in [0.05, 0.1) is 17.3 Å². The first-order chi connectivity index (χ1) is 18.0. The minimum atomic E-state index is -3.42. The molecule has 8 bridgehead atoms. The van der Waals surface area contributed by atoms with Gasteiger partial charge in [-0.2, -0.15) is 4.31 Å². The molecule has 3 aromatic rings. The number of fused-ring (bicyclic) bond motifs is 3. The summed E-state index contributed by atoms with van der Waals surface area (Å²) >= 11 is 0. The molecule has 9 rings (SSSR count). The number of benzene rings is 2. The van der Waals surface area contributed by atoms with Crippen LogP contribution >= 0.6 is 0 Å². The van der Waals surface area contributed by atoms with Crippen molar-refractivity contribution in [3.05, 3.63) is 64.3 Å². The number of hydrogen-bond donors (Lipinski definition) is 1. The SMILES string of the molecule is CN1CCCNc2nc(nc3ccccc23)CN2CCN(CC2)S(=O)(=O)C2C=c3ccc(cc3=CC2)C1. The molecule has 1 N–H and O–H groups in total. The first kappa shape index (κ1) is 24.5. The van der Waals surface area contributed by atoms with Crippen LogP contribution in [-0.2, 0) is 23.1 Å². The number of hydrogen-bond acceptors (Lipinski definition) is 7. The van der Waals surface area contributed by atoms with E-state index in [-0.39, 0.29) is 0 Å². The van der Waals surface area contributed by atoms with E-state index in [0.717, 1.165) is 59.0 Å². The van der Waals surface area contributed by atoms with Crippen LogP contribution in [0.4, 0.5) is 5.82 Å². The number of rotatable bonds is 0. The zero-order valence-electron chi connectivity index (χ0n) is 21.3. The summed E-state index contributed by atoms with van der Waals surface area (Å²) < 4.78 is 28.7. The van der Waals surface area contributed by atoms with E-state index in [9.17, 15) is 8.42 Å². The summed E-state index contributed by atoms with van der Waals surface area (Å²) in [6, 6.07) is 14.5. The number of piperazine rings is 1. The Hall–Kier alpha value is -2.85. The van der Waals surface area contributed by atoms with Crippen LogP contribution in [0.2, 0.25) is 0 Å². The highest BCUT2D eigenvalue weighted by atomic mass is 32.2. The van der Waals surface area contributed by atoms with Gasteiger partial charge in [-0.25, -0.2) is 18.4 Å². The topological polar surface area (TPSA) is 81.7 Å². The van der Waals surface area contributed by atoms with Gasteiger partial charge in [-0.3, -0.25) is 4.90 Å². The maximum atomic E-state index is 13.5. The van der Waals surface area contributed by atoms with E-state index in [2.05, 4.69) is 52.5 Å². The van der Waals surface area contributed by atoms with Crippen LogP contribution in [0.5, 0.6) is 0 Å². The molecule has 6 aliphatic rings. The van der Waals surface area contributed by atoms with Gasteiger partial charge in [0.2, 0.25) is 10.0 Å². The Kier molecular flexibility index (Phi) is 6.71. The van der Waals surface area contributed by atoms with Gasteiger partial charge >= 0.3 is 0 Å². The first-order valence-corrected chi connectivity index (χ1v) is 14.7. The van der Waals surface area contributed by atoms with Gasteiger partial charge < -0.3 is 10.2 Å². The van der Waals surface area contributed by atoms with Gasteiger partial charge in [-0.05, 0) is 54.6 Å². The molecule has 2 aromatic carbocycles. The molecule has 1 unspecified atom stereocenters. The highest BCUT2D eigenvalue weighted by Crippen LogP contribution is 2.22. The third-order valence-electron chi connectivity index (χ3n) is 7.64. The average molecular weight is 519 g/mol. The molecule has 1 saturated heterocycles. The van der Waals surface area contributed by atoms with Crippen molar-refractivity contribution in [2.75, 3.05) is 51.6 Å². The Bertz CT molecular complexity index is 1530. The van der Waals surface area contributed by atoms with Crippen LogP contribution in [0, 0.1) is 0 Å². The lowest BCUT2D eigenvalue weighted by molar-refractivity contribution is 0.178. The van der Waals surface area contributed by atoms with Crippen LogP contribution < -0.4 is 15.8 Å². The van der Waals surface area contributed by atoms with Crippen molar-refractivity contribution < 1.29 is 8.42 Å². The summed E-state index contributed by atoms with van der Waals surface area (Å²) in [4.78, 5) is 14.3. The molecule has 0 radical (unpaired) electrons. The number of sulfonamides is 1. The molecule has 6 heterocycles. The Labute approximate surface area is 218 Å². The fraction of sp³-hybridized carbons (Fsp3) is 0.429. The highest BCUT2D eigenvalue weighted by molar-refractivity contribution is 7.90. The maximum Gasteiger partial charge on any atom is 0.221 e. The number of para-hydroxylation sites is 1. The molecule has 0 amide bonds. The number of aromatic nitrogens is 2. The van der Waals surface area contributed by atoms with Gasteiger partial charge in [0.15, 0.2) is 0 Å². The first-order valence-electron chi connectivity index (χ1n) is 13.2. The van der Waals surface area contributed by atoms with Crippen molar-refractivity contribution in [1.82, 2.24) is 24.1 Å². The van der Waals surface area contributed by atoms with E-state index in [4.69, 9.17) is 9.97 Å². The molecule has 1 atom stereocenters. The summed E-state index contributed by atoms with van der Waals surface area (Å²) in [5.41, 5.74) is 2.17. The molecule has 194 valence electrons. The molecule has 0 spiro atoms. The second kappa shape index (κ2) is 10.1. The summed E-state index contributed by atoms with van der Waals surface area (Å²) in [6.07, 6.45) is 5.56. The van der Waals surface area contributed by atoms with E-state index in [1.165, 1.54) is 5.56 Å². The number of anilines is 1. The molecule has 1 aliphatic carbocycles. The van der Waals surface area contributed by atoms with Crippen LogP contribution in [0.3, 0.4) is 0 Å². The van der Waals surface area contributed by atoms with Crippen molar-refractivity contribution in [1.29, 1.82) is 0 Å². The van der Waals surface area contributed by atoms with Gasteiger partial charge in [0, 0.05) is 44.7 Å². The van der Waals surface area contributed by atoms with E-state index in [0.29, 0.717) is 39.1 Å². The third kappa shape index (κ3) is 5.13. The lowest BCUT2D eigenvalue weighted by Gasteiger charge is -2.35. The Morgan fingerprint density at radius 1 is 0.946 bits per heavy atom. The van der Waals surface area contributed by atoms with Crippen molar-refractivity contribution >= 4 is 38.9 Å². The van der Waals surface area contributed by atoms with Gasteiger partial charge in [-0.15, -0.1) is 0 Å². The van der Waals surface area contributed by atoms with Crippen LogP contribution in [0.15, 0.2) is 42.5 Å². The maximum absolute atomic E-state index is 13.5. The predicted octanol–water partition coefficient (Wildman–Crippen LogP) is 1.36. The Balaban J connectivity index is 1.32. The molecular formula is C28H34N6O2S. The largest absolute Gasteiger partial charge is 0.369 e. The standard InChI is InChI=1S/C28H34N6O2S/c1-32-12-4-11-29-28-25-5-2-3-6-26(25)30-27(31-28)20-33-13-15-34(16-14-33)37(35,36)24-10-9-22-17-21(19-32)7-8-23(22)18-24/h2-3,5-9,17-18,24H,4,10-16,19-20H2,1H3,(H,29,30,31). The predicted molar refractivity (Wildman–Crippen MR) is 148 cm³/mol. The average Bonchev–Trinajstić information content (AvgIpc) is 2.90. The molecule has 9 heteroatoms. The van der Waals surface area contributed by atoms with Crippen molar-refractivity contribution in [3.8, 4) is 0 Å². The van der Waals surface area contributed by atoms with Gasteiger partial charge in [0.1, 0.15) is 11.6 Å². The number of nitrogens with zero attached hydrogens (tertiary/aromatic N) is 5. The quantitative estimate of drug-likeness (QED) is 0.481. The third-order valence-corrected chi connectivity index (χ3v) is 9.82. The summed E-state index contributed by atoms with van der Waals surface area (Å²) in [5, 5.41) is 6.23. The summed E-state index contributed by atoms with van der Waals surface area (Å²) in [5.74, 6) is 1.64. The van der Waals surface area contributed by atoms with Crippen molar-refractivity contribution in [2.45, 2.75) is 31.2 Å².